The fourth-order valence-corrected chi connectivity index (χ4v) is 3.04. The number of hydrogen-bond acceptors (Lipinski definition) is 5. The minimum absolute atomic E-state index is 0.907. The van der Waals surface area contributed by atoms with Crippen LogP contribution < -0.4 is 9.47 Å². The molecule has 0 fully saturated rings. The zero-order valence-electron chi connectivity index (χ0n) is 18.0. The average Bonchev–Trinajstić information content (AvgIpc) is 2.72. The van der Waals surface area contributed by atoms with Gasteiger partial charge in [-0.3, -0.25) is 0 Å². The second-order valence-corrected chi connectivity index (χ2v) is 7.47. The quantitative estimate of drug-likeness (QED) is 0.559. The first-order valence-electron chi connectivity index (χ1n) is 9.81. The van der Waals surface area contributed by atoms with E-state index in [-0.39, 0.29) is 0 Å². The van der Waals surface area contributed by atoms with Crippen LogP contribution in [-0.2, 0) is 13.1 Å². The van der Waals surface area contributed by atoms with Gasteiger partial charge in [0.05, 0.1) is 14.2 Å². The van der Waals surface area contributed by atoms with Gasteiger partial charge < -0.3 is 24.2 Å². The van der Waals surface area contributed by atoms with Gasteiger partial charge in [0.1, 0.15) is 11.5 Å². The first-order chi connectivity index (χ1) is 13.5. The van der Waals surface area contributed by atoms with Crippen molar-refractivity contribution in [2.75, 3.05) is 61.5 Å². The fraction of sp³-hybridized carbons (Fsp3) is 0.478. The van der Waals surface area contributed by atoms with Gasteiger partial charge >= 0.3 is 0 Å². The highest BCUT2D eigenvalue weighted by atomic mass is 16.5. The molecule has 0 heterocycles. The van der Waals surface area contributed by atoms with Crippen LogP contribution in [0, 0.1) is 0 Å². The van der Waals surface area contributed by atoms with Crippen LogP contribution in [0.5, 0.6) is 11.5 Å². The van der Waals surface area contributed by atoms with E-state index in [1.807, 2.05) is 24.3 Å². The van der Waals surface area contributed by atoms with Crippen molar-refractivity contribution in [1.29, 1.82) is 0 Å². The Bertz CT molecular complexity index is 614. The van der Waals surface area contributed by atoms with E-state index in [1.54, 1.807) is 14.2 Å². The van der Waals surface area contributed by atoms with Gasteiger partial charge in [0.2, 0.25) is 0 Å². The summed E-state index contributed by atoms with van der Waals surface area (Å²) in [5.74, 6) is 1.81. The highest BCUT2D eigenvalue weighted by molar-refractivity contribution is 5.27. The molecule has 0 radical (unpaired) electrons. The predicted octanol–water partition coefficient (Wildman–Crippen LogP) is 3.20. The van der Waals surface area contributed by atoms with E-state index in [9.17, 15) is 0 Å². The third-order valence-electron chi connectivity index (χ3n) is 4.95. The lowest BCUT2D eigenvalue weighted by atomic mass is 10.2. The minimum Gasteiger partial charge on any atom is -0.497 e. The smallest absolute Gasteiger partial charge is 0.118 e. The topological polar surface area (TPSA) is 28.2 Å². The van der Waals surface area contributed by atoms with Crippen molar-refractivity contribution in [2.24, 2.45) is 0 Å². The third kappa shape index (κ3) is 7.89. The van der Waals surface area contributed by atoms with Gasteiger partial charge in [-0.2, -0.15) is 0 Å². The normalized spacial score (nSPS) is 11.4. The van der Waals surface area contributed by atoms with E-state index >= 15 is 0 Å². The maximum absolute atomic E-state index is 5.22. The van der Waals surface area contributed by atoms with Gasteiger partial charge in [-0.15, -0.1) is 0 Å². The summed E-state index contributed by atoms with van der Waals surface area (Å²) < 4.78 is 10.4. The molecule has 0 saturated carbocycles. The van der Waals surface area contributed by atoms with Crippen molar-refractivity contribution in [1.82, 2.24) is 14.7 Å². The van der Waals surface area contributed by atoms with Gasteiger partial charge in [0.25, 0.3) is 0 Å². The van der Waals surface area contributed by atoms with Crippen molar-refractivity contribution < 1.29 is 9.47 Å². The molecule has 0 aromatic heterocycles. The first-order valence-corrected chi connectivity index (χ1v) is 9.81. The second-order valence-electron chi connectivity index (χ2n) is 7.47. The number of hydrogen-bond donors (Lipinski definition) is 0. The molecule has 5 heteroatoms. The summed E-state index contributed by atoms with van der Waals surface area (Å²) in [5, 5.41) is 0. The molecule has 2 aromatic rings. The lowest BCUT2D eigenvalue weighted by molar-refractivity contribution is 0.220. The number of benzene rings is 2. The molecule has 154 valence electrons. The van der Waals surface area contributed by atoms with Crippen LogP contribution in [0.25, 0.3) is 0 Å². The number of methoxy groups -OCH3 is 2. The van der Waals surface area contributed by atoms with E-state index in [1.165, 1.54) is 11.1 Å². The molecule has 2 rings (SSSR count). The van der Waals surface area contributed by atoms with Crippen molar-refractivity contribution in [3.8, 4) is 11.5 Å². The predicted molar refractivity (Wildman–Crippen MR) is 116 cm³/mol. The monoisotopic (exact) mass is 385 g/mol. The van der Waals surface area contributed by atoms with Crippen LogP contribution >= 0.6 is 0 Å². The van der Waals surface area contributed by atoms with Gasteiger partial charge in [-0.05, 0) is 56.5 Å². The molecule has 0 aliphatic carbocycles. The Kier molecular flexibility index (Phi) is 9.28. The molecule has 0 aliphatic heterocycles. The van der Waals surface area contributed by atoms with Gasteiger partial charge in [0, 0.05) is 39.3 Å². The Morgan fingerprint density at radius 1 is 0.536 bits per heavy atom. The molecule has 0 aliphatic rings. The Hall–Kier alpha value is -2.08. The number of likely N-dealkylation sites (N-methyl/N-ethyl adjacent to an activating group) is 3. The standard InChI is InChI=1S/C23H35N3O2/c1-24(14-16-25(2)18-20-6-10-22(27-4)11-7-20)15-17-26(3)19-21-8-12-23(28-5)13-9-21/h6-13H,14-19H2,1-5H3. The largest absolute Gasteiger partial charge is 0.497 e. The summed E-state index contributed by atoms with van der Waals surface area (Å²) in [7, 11) is 9.95. The van der Waals surface area contributed by atoms with E-state index in [0.29, 0.717) is 0 Å². The summed E-state index contributed by atoms with van der Waals surface area (Å²) >= 11 is 0. The second kappa shape index (κ2) is 11.7. The molecular weight excluding hydrogens is 350 g/mol. The van der Waals surface area contributed by atoms with Crippen LogP contribution in [0.1, 0.15) is 11.1 Å². The van der Waals surface area contributed by atoms with Crippen molar-refractivity contribution in [2.45, 2.75) is 13.1 Å². The summed E-state index contributed by atoms with van der Waals surface area (Å²) in [6.07, 6.45) is 0. The molecule has 2 aromatic carbocycles. The summed E-state index contributed by atoms with van der Waals surface area (Å²) in [6, 6.07) is 16.6. The fourth-order valence-electron chi connectivity index (χ4n) is 3.04. The molecule has 0 N–H and O–H groups in total. The third-order valence-corrected chi connectivity index (χ3v) is 4.95. The summed E-state index contributed by atoms with van der Waals surface area (Å²) in [4.78, 5) is 7.12. The van der Waals surface area contributed by atoms with Gasteiger partial charge in [0.15, 0.2) is 0 Å². The van der Waals surface area contributed by atoms with Crippen LogP contribution in [-0.4, -0.2) is 76.2 Å². The van der Waals surface area contributed by atoms with Gasteiger partial charge in [-0.1, -0.05) is 24.3 Å². The van der Waals surface area contributed by atoms with E-state index in [2.05, 4.69) is 60.1 Å². The zero-order chi connectivity index (χ0) is 20.4. The summed E-state index contributed by atoms with van der Waals surface area (Å²) in [5.41, 5.74) is 2.62. The van der Waals surface area contributed by atoms with E-state index in [0.717, 1.165) is 50.8 Å². The molecule has 0 spiro atoms. The maximum Gasteiger partial charge on any atom is 0.118 e. The molecule has 5 nitrogen and oxygen atoms in total. The first kappa shape index (κ1) is 22.2. The van der Waals surface area contributed by atoms with Crippen LogP contribution in [0.15, 0.2) is 48.5 Å². The van der Waals surface area contributed by atoms with Crippen molar-refractivity contribution in [3.05, 3.63) is 59.7 Å². The lowest BCUT2D eigenvalue weighted by Crippen LogP contribution is -2.35. The average molecular weight is 386 g/mol. The van der Waals surface area contributed by atoms with E-state index in [4.69, 9.17) is 9.47 Å². The molecule has 0 unspecified atom stereocenters. The van der Waals surface area contributed by atoms with Crippen molar-refractivity contribution >= 4 is 0 Å². The minimum atomic E-state index is 0.907. The lowest BCUT2D eigenvalue weighted by Gasteiger charge is -2.24. The van der Waals surface area contributed by atoms with Crippen LogP contribution in [0.4, 0.5) is 0 Å². The highest BCUT2D eigenvalue weighted by Gasteiger charge is 2.06. The number of rotatable bonds is 12. The molecule has 0 bridgehead atoms. The Morgan fingerprint density at radius 3 is 1.18 bits per heavy atom. The maximum atomic E-state index is 5.22. The summed E-state index contributed by atoms with van der Waals surface area (Å²) in [6.45, 7) is 6.12. The van der Waals surface area contributed by atoms with Crippen LogP contribution in [0.3, 0.4) is 0 Å². The molecule has 0 atom stereocenters. The zero-order valence-corrected chi connectivity index (χ0v) is 18.0. The van der Waals surface area contributed by atoms with E-state index < -0.39 is 0 Å². The SMILES string of the molecule is COc1ccc(CN(C)CCN(C)CCN(C)Cc2ccc(OC)cc2)cc1. The Morgan fingerprint density at radius 2 is 0.857 bits per heavy atom. The Labute approximate surface area is 170 Å². The van der Waals surface area contributed by atoms with Crippen LogP contribution in [0.2, 0.25) is 0 Å². The molecular formula is C23H35N3O2. The number of nitrogens with zero attached hydrogens (tertiary/aromatic N) is 3. The molecule has 0 saturated heterocycles. The van der Waals surface area contributed by atoms with Crippen molar-refractivity contribution in [3.63, 3.8) is 0 Å². The van der Waals surface area contributed by atoms with Gasteiger partial charge in [-0.25, -0.2) is 0 Å². The molecule has 28 heavy (non-hydrogen) atoms. The molecule has 0 amide bonds. The Balaban J connectivity index is 1.64. The number of ether oxygens (including phenoxy) is 2. The highest BCUT2D eigenvalue weighted by Crippen LogP contribution is 2.13.